The summed E-state index contributed by atoms with van der Waals surface area (Å²) >= 11 is 0. The van der Waals surface area contributed by atoms with E-state index in [1.807, 2.05) is 6.92 Å². The van der Waals surface area contributed by atoms with Crippen LogP contribution in [0.4, 0.5) is 13.2 Å². The van der Waals surface area contributed by atoms with E-state index in [9.17, 15) is 27.6 Å². The highest BCUT2D eigenvalue weighted by molar-refractivity contribution is 5.97. The van der Waals surface area contributed by atoms with Gasteiger partial charge in [0.2, 0.25) is 5.91 Å². The Labute approximate surface area is 196 Å². The number of amides is 3. The van der Waals surface area contributed by atoms with Gasteiger partial charge in [-0.2, -0.15) is 13.2 Å². The van der Waals surface area contributed by atoms with E-state index < -0.39 is 17.8 Å². The average molecular weight is 476 g/mol. The predicted molar refractivity (Wildman–Crippen MR) is 121 cm³/mol. The molecule has 0 spiro atoms. The second-order valence-corrected chi connectivity index (χ2v) is 8.31. The first-order chi connectivity index (χ1) is 16.2. The van der Waals surface area contributed by atoms with Crippen LogP contribution in [0.5, 0.6) is 0 Å². The van der Waals surface area contributed by atoms with Crippen LogP contribution in [0.1, 0.15) is 52.5 Å². The number of halogens is 3. The quantitative estimate of drug-likeness (QED) is 0.638. The summed E-state index contributed by atoms with van der Waals surface area (Å²) in [6, 6.07) is 12.0. The van der Waals surface area contributed by atoms with Crippen LogP contribution in [0, 0.1) is 5.92 Å². The largest absolute Gasteiger partial charge is 0.416 e. The van der Waals surface area contributed by atoms with E-state index in [0.717, 1.165) is 18.6 Å². The zero-order valence-corrected chi connectivity index (χ0v) is 18.9. The van der Waals surface area contributed by atoms with Crippen LogP contribution in [0.15, 0.2) is 54.6 Å². The number of likely N-dealkylation sites (tertiary alicyclic amines) is 1. The van der Waals surface area contributed by atoms with Gasteiger partial charge in [0.1, 0.15) is 6.04 Å². The van der Waals surface area contributed by atoms with Crippen LogP contribution in [0.25, 0.3) is 0 Å². The molecule has 3 amide bonds. The molecule has 1 aliphatic heterocycles. The standard InChI is InChI=1S/C25H28F3N3O3/c1-2-14-29-23(33)21(30-22(32)18-6-4-3-5-7-18)17-12-15-31(16-13-17)24(34)19-8-10-20(11-9-19)25(26,27)28/h3-11,17,21H,2,12-16H2,1H3,(H,29,33)(H,30,32)/t21-/m0/s1. The summed E-state index contributed by atoms with van der Waals surface area (Å²) in [4.78, 5) is 39.9. The predicted octanol–water partition coefficient (Wildman–Crippen LogP) is 3.88. The zero-order valence-electron chi connectivity index (χ0n) is 18.9. The first kappa shape index (κ1) is 25.3. The fraction of sp³-hybridized carbons (Fsp3) is 0.400. The van der Waals surface area contributed by atoms with Gasteiger partial charge >= 0.3 is 6.18 Å². The summed E-state index contributed by atoms with van der Waals surface area (Å²) in [5.74, 6) is -1.15. The minimum absolute atomic E-state index is 0.179. The minimum atomic E-state index is -4.46. The van der Waals surface area contributed by atoms with Crippen molar-refractivity contribution in [2.24, 2.45) is 5.92 Å². The topological polar surface area (TPSA) is 78.5 Å². The van der Waals surface area contributed by atoms with Crippen LogP contribution in [0.3, 0.4) is 0 Å². The molecule has 0 bridgehead atoms. The summed E-state index contributed by atoms with van der Waals surface area (Å²) in [5, 5.41) is 5.68. The number of piperidine rings is 1. The molecule has 2 aromatic rings. The van der Waals surface area contributed by atoms with E-state index in [-0.39, 0.29) is 29.2 Å². The molecule has 9 heteroatoms. The van der Waals surface area contributed by atoms with Gasteiger partial charge < -0.3 is 15.5 Å². The Kier molecular flexibility index (Phi) is 8.31. The van der Waals surface area contributed by atoms with Crippen molar-refractivity contribution in [1.29, 1.82) is 0 Å². The van der Waals surface area contributed by atoms with E-state index in [0.29, 0.717) is 38.0 Å². The molecule has 0 saturated carbocycles. The van der Waals surface area contributed by atoms with E-state index in [1.54, 1.807) is 35.2 Å². The average Bonchev–Trinajstić information content (AvgIpc) is 2.85. The Morgan fingerprint density at radius 1 is 0.971 bits per heavy atom. The van der Waals surface area contributed by atoms with Crippen molar-refractivity contribution in [3.63, 3.8) is 0 Å². The first-order valence-corrected chi connectivity index (χ1v) is 11.3. The molecule has 1 aliphatic rings. The van der Waals surface area contributed by atoms with Crippen molar-refractivity contribution in [1.82, 2.24) is 15.5 Å². The van der Waals surface area contributed by atoms with Gasteiger partial charge in [0.25, 0.3) is 11.8 Å². The van der Waals surface area contributed by atoms with E-state index >= 15 is 0 Å². The van der Waals surface area contributed by atoms with Crippen LogP contribution in [-0.4, -0.2) is 48.3 Å². The Morgan fingerprint density at radius 3 is 2.15 bits per heavy atom. The molecule has 0 aliphatic carbocycles. The lowest BCUT2D eigenvalue weighted by Crippen LogP contribution is -2.54. The molecule has 0 aromatic heterocycles. The van der Waals surface area contributed by atoms with Crippen LogP contribution >= 0.6 is 0 Å². The lowest BCUT2D eigenvalue weighted by Gasteiger charge is -2.36. The Morgan fingerprint density at radius 2 is 1.59 bits per heavy atom. The van der Waals surface area contributed by atoms with E-state index in [4.69, 9.17) is 0 Å². The number of carbonyl (C=O) groups is 3. The third-order valence-corrected chi connectivity index (χ3v) is 5.91. The smallest absolute Gasteiger partial charge is 0.354 e. The molecule has 1 saturated heterocycles. The van der Waals surface area contributed by atoms with E-state index in [2.05, 4.69) is 10.6 Å². The minimum Gasteiger partial charge on any atom is -0.354 e. The maximum absolute atomic E-state index is 12.8. The third kappa shape index (κ3) is 6.36. The van der Waals surface area contributed by atoms with Gasteiger partial charge in [-0.3, -0.25) is 14.4 Å². The van der Waals surface area contributed by atoms with Gasteiger partial charge in [-0.25, -0.2) is 0 Å². The molecule has 34 heavy (non-hydrogen) atoms. The number of benzene rings is 2. The number of nitrogens with one attached hydrogen (secondary N) is 2. The summed E-state index contributed by atoms with van der Waals surface area (Å²) in [6.07, 6.45) is -2.75. The molecular weight excluding hydrogens is 447 g/mol. The van der Waals surface area contributed by atoms with Crippen molar-refractivity contribution < 1.29 is 27.6 Å². The summed E-state index contributed by atoms with van der Waals surface area (Å²) in [5.41, 5.74) is -0.176. The highest BCUT2D eigenvalue weighted by Gasteiger charge is 2.34. The molecule has 2 N–H and O–H groups in total. The van der Waals surface area contributed by atoms with Gasteiger partial charge in [-0.05, 0) is 61.6 Å². The number of nitrogens with zero attached hydrogens (tertiary/aromatic N) is 1. The van der Waals surface area contributed by atoms with Crippen molar-refractivity contribution in [3.8, 4) is 0 Å². The fourth-order valence-corrected chi connectivity index (χ4v) is 3.99. The Balaban J connectivity index is 1.65. The third-order valence-electron chi connectivity index (χ3n) is 5.91. The Bertz CT molecular complexity index is 986. The van der Waals surface area contributed by atoms with Gasteiger partial charge in [0.15, 0.2) is 0 Å². The summed E-state index contributed by atoms with van der Waals surface area (Å²) in [6.45, 7) is 3.09. The second-order valence-electron chi connectivity index (χ2n) is 8.31. The zero-order chi connectivity index (χ0) is 24.7. The van der Waals surface area contributed by atoms with Crippen LogP contribution in [-0.2, 0) is 11.0 Å². The maximum atomic E-state index is 12.8. The van der Waals surface area contributed by atoms with Gasteiger partial charge in [0, 0.05) is 30.8 Å². The molecule has 0 unspecified atom stereocenters. The van der Waals surface area contributed by atoms with Gasteiger partial charge in [-0.15, -0.1) is 0 Å². The molecule has 182 valence electrons. The highest BCUT2D eigenvalue weighted by atomic mass is 19.4. The normalized spacial score (nSPS) is 15.5. The second kappa shape index (κ2) is 11.2. The summed E-state index contributed by atoms with van der Waals surface area (Å²) in [7, 11) is 0. The van der Waals surface area contributed by atoms with Crippen molar-refractivity contribution in [3.05, 3.63) is 71.3 Å². The molecule has 1 fully saturated rings. The van der Waals surface area contributed by atoms with Gasteiger partial charge in [0.05, 0.1) is 5.56 Å². The first-order valence-electron chi connectivity index (χ1n) is 11.3. The number of hydrogen-bond donors (Lipinski definition) is 2. The van der Waals surface area contributed by atoms with E-state index in [1.165, 1.54) is 12.1 Å². The number of hydrogen-bond acceptors (Lipinski definition) is 3. The lowest BCUT2D eigenvalue weighted by molar-refractivity contribution is -0.137. The monoisotopic (exact) mass is 475 g/mol. The maximum Gasteiger partial charge on any atom is 0.416 e. The number of alkyl halides is 3. The molecule has 2 aromatic carbocycles. The van der Waals surface area contributed by atoms with Crippen molar-refractivity contribution in [2.75, 3.05) is 19.6 Å². The van der Waals surface area contributed by atoms with Crippen LogP contribution < -0.4 is 10.6 Å². The van der Waals surface area contributed by atoms with Crippen LogP contribution in [0.2, 0.25) is 0 Å². The molecule has 6 nitrogen and oxygen atoms in total. The van der Waals surface area contributed by atoms with Crippen molar-refractivity contribution >= 4 is 17.7 Å². The molecular formula is C25H28F3N3O3. The highest BCUT2D eigenvalue weighted by Crippen LogP contribution is 2.29. The Hall–Kier alpha value is -3.36. The van der Waals surface area contributed by atoms with Crippen molar-refractivity contribution in [2.45, 2.75) is 38.4 Å². The molecule has 1 heterocycles. The number of carbonyl (C=O) groups excluding carboxylic acids is 3. The molecule has 0 radical (unpaired) electrons. The molecule has 1 atom stereocenters. The van der Waals surface area contributed by atoms with Gasteiger partial charge in [-0.1, -0.05) is 25.1 Å². The fourth-order valence-electron chi connectivity index (χ4n) is 3.99. The lowest BCUT2D eigenvalue weighted by atomic mass is 9.88. The molecule has 3 rings (SSSR count). The number of rotatable bonds is 7. The SMILES string of the molecule is CCCNC(=O)[C@@H](NC(=O)c1ccccc1)C1CCN(C(=O)c2ccc(C(F)(F)F)cc2)CC1. The summed E-state index contributed by atoms with van der Waals surface area (Å²) < 4.78 is 38.3.